The maximum absolute atomic E-state index is 9.63. The standard InChI is InChI=1S/C15H23NO/c1-13-5-7-14(8-6-13)16(2)11-15(12-17)9-3-4-10-15/h5-8,17H,3-4,9-12H2,1-2H3. The summed E-state index contributed by atoms with van der Waals surface area (Å²) >= 11 is 0. The SMILES string of the molecule is Cc1ccc(N(C)CC2(CO)CCCC2)cc1. The molecule has 0 spiro atoms. The van der Waals surface area contributed by atoms with Crippen molar-refractivity contribution in [2.24, 2.45) is 5.41 Å². The Labute approximate surface area is 104 Å². The summed E-state index contributed by atoms with van der Waals surface area (Å²) in [4.78, 5) is 2.28. The highest BCUT2D eigenvalue weighted by molar-refractivity contribution is 5.46. The van der Waals surface area contributed by atoms with Crippen molar-refractivity contribution in [1.29, 1.82) is 0 Å². The Hall–Kier alpha value is -1.02. The van der Waals surface area contributed by atoms with E-state index in [4.69, 9.17) is 0 Å². The van der Waals surface area contributed by atoms with Crippen molar-refractivity contribution in [3.05, 3.63) is 29.8 Å². The van der Waals surface area contributed by atoms with E-state index in [0.29, 0.717) is 6.61 Å². The summed E-state index contributed by atoms with van der Waals surface area (Å²) in [5.41, 5.74) is 2.68. The van der Waals surface area contributed by atoms with Crippen molar-refractivity contribution >= 4 is 5.69 Å². The van der Waals surface area contributed by atoms with Crippen LogP contribution in [0, 0.1) is 12.3 Å². The lowest BCUT2D eigenvalue weighted by molar-refractivity contribution is 0.137. The fourth-order valence-electron chi connectivity index (χ4n) is 2.88. The Bertz CT molecular complexity index is 352. The third-order valence-electron chi connectivity index (χ3n) is 4.05. The fourth-order valence-corrected chi connectivity index (χ4v) is 2.88. The highest BCUT2D eigenvalue weighted by Gasteiger charge is 2.34. The number of benzene rings is 1. The molecule has 0 radical (unpaired) electrons. The van der Waals surface area contributed by atoms with Gasteiger partial charge >= 0.3 is 0 Å². The Morgan fingerprint density at radius 2 is 1.76 bits per heavy atom. The Kier molecular flexibility index (Phi) is 3.72. The molecule has 0 aromatic heterocycles. The molecule has 1 fully saturated rings. The monoisotopic (exact) mass is 233 g/mol. The van der Waals surface area contributed by atoms with Gasteiger partial charge in [-0.2, -0.15) is 0 Å². The van der Waals surface area contributed by atoms with Crippen LogP contribution in [0.2, 0.25) is 0 Å². The zero-order valence-corrected chi connectivity index (χ0v) is 10.9. The van der Waals surface area contributed by atoms with E-state index in [1.807, 2.05) is 0 Å². The maximum atomic E-state index is 9.63. The first kappa shape index (κ1) is 12.4. The van der Waals surface area contributed by atoms with Crippen molar-refractivity contribution in [3.63, 3.8) is 0 Å². The molecule has 2 nitrogen and oxygen atoms in total. The van der Waals surface area contributed by atoms with Crippen LogP contribution in [-0.2, 0) is 0 Å². The lowest BCUT2D eigenvalue weighted by Crippen LogP contribution is -2.36. The van der Waals surface area contributed by atoms with E-state index in [9.17, 15) is 5.11 Å². The summed E-state index contributed by atoms with van der Waals surface area (Å²) in [5, 5.41) is 9.63. The number of hydrogen-bond acceptors (Lipinski definition) is 2. The third-order valence-corrected chi connectivity index (χ3v) is 4.05. The Balaban J connectivity index is 2.05. The second kappa shape index (κ2) is 5.09. The molecule has 0 amide bonds. The zero-order chi connectivity index (χ0) is 12.3. The fraction of sp³-hybridized carbons (Fsp3) is 0.600. The number of aliphatic hydroxyl groups is 1. The maximum Gasteiger partial charge on any atom is 0.0504 e. The van der Waals surface area contributed by atoms with E-state index < -0.39 is 0 Å². The summed E-state index contributed by atoms with van der Waals surface area (Å²) in [6.45, 7) is 3.39. The van der Waals surface area contributed by atoms with Gasteiger partial charge < -0.3 is 10.0 Å². The zero-order valence-electron chi connectivity index (χ0n) is 10.9. The molecule has 0 bridgehead atoms. The van der Waals surface area contributed by atoms with Crippen LogP contribution in [0.4, 0.5) is 5.69 Å². The van der Waals surface area contributed by atoms with Crippen LogP contribution < -0.4 is 4.90 Å². The molecule has 94 valence electrons. The number of hydrogen-bond donors (Lipinski definition) is 1. The smallest absolute Gasteiger partial charge is 0.0504 e. The molecule has 1 aromatic rings. The van der Waals surface area contributed by atoms with Gasteiger partial charge in [0.05, 0.1) is 6.61 Å². The summed E-state index contributed by atoms with van der Waals surface area (Å²) in [7, 11) is 2.13. The average molecular weight is 233 g/mol. The van der Waals surface area contributed by atoms with Crippen molar-refractivity contribution in [2.45, 2.75) is 32.6 Å². The molecule has 0 unspecified atom stereocenters. The Morgan fingerprint density at radius 3 is 2.29 bits per heavy atom. The molecule has 1 saturated carbocycles. The van der Waals surface area contributed by atoms with E-state index in [1.54, 1.807) is 0 Å². The lowest BCUT2D eigenvalue weighted by Gasteiger charge is -2.33. The number of nitrogens with zero attached hydrogens (tertiary/aromatic N) is 1. The van der Waals surface area contributed by atoms with Crippen LogP contribution >= 0.6 is 0 Å². The predicted octanol–water partition coefficient (Wildman–Crippen LogP) is 2.98. The molecule has 0 heterocycles. The third kappa shape index (κ3) is 2.81. The number of anilines is 1. The van der Waals surface area contributed by atoms with Crippen molar-refractivity contribution in [1.82, 2.24) is 0 Å². The highest BCUT2D eigenvalue weighted by atomic mass is 16.3. The van der Waals surface area contributed by atoms with Crippen molar-refractivity contribution in [3.8, 4) is 0 Å². The van der Waals surface area contributed by atoms with Gasteiger partial charge in [-0.1, -0.05) is 30.5 Å². The number of aryl methyl sites for hydroxylation is 1. The van der Waals surface area contributed by atoms with Crippen molar-refractivity contribution < 1.29 is 5.11 Å². The largest absolute Gasteiger partial charge is 0.396 e. The van der Waals surface area contributed by atoms with E-state index in [-0.39, 0.29) is 5.41 Å². The molecule has 1 N–H and O–H groups in total. The summed E-state index contributed by atoms with van der Waals surface area (Å²) < 4.78 is 0. The molecule has 1 aliphatic carbocycles. The molecular weight excluding hydrogens is 210 g/mol. The van der Waals surface area contributed by atoms with Gasteiger partial charge in [-0.05, 0) is 31.9 Å². The van der Waals surface area contributed by atoms with E-state index in [0.717, 1.165) is 6.54 Å². The molecule has 0 atom stereocenters. The van der Waals surface area contributed by atoms with Gasteiger partial charge in [0.1, 0.15) is 0 Å². The molecule has 17 heavy (non-hydrogen) atoms. The average Bonchev–Trinajstić information content (AvgIpc) is 2.79. The van der Waals surface area contributed by atoms with Gasteiger partial charge in [-0.3, -0.25) is 0 Å². The minimum Gasteiger partial charge on any atom is -0.396 e. The van der Waals surface area contributed by atoms with Crippen LogP contribution in [0.25, 0.3) is 0 Å². The van der Waals surface area contributed by atoms with Gasteiger partial charge in [0.25, 0.3) is 0 Å². The van der Waals surface area contributed by atoms with Gasteiger partial charge in [0, 0.05) is 24.7 Å². The second-order valence-electron chi connectivity index (χ2n) is 5.56. The first-order chi connectivity index (χ1) is 8.15. The minimum absolute atomic E-state index is 0.139. The van der Waals surface area contributed by atoms with Crippen LogP contribution in [0.15, 0.2) is 24.3 Å². The Morgan fingerprint density at radius 1 is 1.18 bits per heavy atom. The molecule has 2 rings (SSSR count). The summed E-state index contributed by atoms with van der Waals surface area (Å²) in [5.74, 6) is 0. The first-order valence-corrected chi connectivity index (χ1v) is 6.54. The van der Waals surface area contributed by atoms with Gasteiger partial charge in [-0.15, -0.1) is 0 Å². The van der Waals surface area contributed by atoms with E-state index >= 15 is 0 Å². The second-order valence-corrected chi connectivity index (χ2v) is 5.56. The summed E-state index contributed by atoms with van der Waals surface area (Å²) in [6.07, 6.45) is 4.87. The topological polar surface area (TPSA) is 23.5 Å². The van der Waals surface area contributed by atoms with Gasteiger partial charge in [0.2, 0.25) is 0 Å². The van der Waals surface area contributed by atoms with Crippen LogP contribution in [0.3, 0.4) is 0 Å². The lowest BCUT2D eigenvalue weighted by atomic mass is 9.86. The molecule has 1 aromatic carbocycles. The molecule has 0 saturated heterocycles. The first-order valence-electron chi connectivity index (χ1n) is 6.54. The quantitative estimate of drug-likeness (QED) is 0.864. The van der Waals surface area contributed by atoms with E-state index in [2.05, 4.69) is 43.1 Å². The molecule has 0 aliphatic heterocycles. The van der Waals surface area contributed by atoms with E-state index in [1.165, 1.54) is 36.9 Å². The highest BCUT2D eigenvalue weighted by Crippen LogP contribution is 2.38. The normalized spacial score (nSPS) is 18.3. The van der Waals surface area contributed by atoms with Crippen LogP contribution in [0.5, 0.6) is 0 Å². The predicted molar refractivity (Wildman–Crippen MR) is 72.4 cm³/mol. The molecular formula is C15H23NO. The molecule has 2 heteroatoms. The summed E-state index contributed by atoms with van der Waals surface area (Å²) in [6, 6.07) is 8.61. The number of aliphatic hydroxyl groups excluding tert-OH is 1. The van der Waals surface area contributed by atoms with Crippen LogP contribution in [0.1, 0.15) is 31.2 Å². The number of rotatable bonds is 4. The van der Waals surface area contributed by atoms with Crippen LogP contribution in [-0.4, -0.2) is 25.3 Å². The minimum atomic E-state index is 0.139. The van der Waals surface area contributed by atoms with Gasteiger partial charge in [0.15, 0.2) is 0 Å². The molecule has 1 aliphatic rings. The van der Waals surface area contributed by atoms with Crippen molar-refractivity contribution in [2.75, 3.05) is 25.1 Å². The van der Waals surface area contributed by atoms with Gasteiger partial charge in [-0.25, -0.2) is 0 Å².